The van der Waals surface area contributed by atoms with Gasteiger partial charge in [-0.25, -0.2) is 0 Å². The Labute approximate surface area is 147 Å². The summed E-state index contributed by atoms with van der Waals surface area (Å²) >= 11 is 1.70. The number of ether oxygens (including phenoxy) is 1. The molecular weight excluding hydrogens is 318 g/mol. The van der Waals surface area contributed by atoms with E-state index in [1.807, 2.05) is 43.3 Å². The molecule has 2 aromatic carbocycles. The summed E-state index contributed by atoms with van der Waals surface area (Å²) in [6.07, 6.45) is 2.56. The lowest BCUT2D eigenvalue weighted by Crippen LogP contribution is -2.14. The second-order valence-corrected chi connectivity index (χ2v) is 7.28. The van der Waals surface area contributed by atoms with Crippen LogP contribution in [0.3, 0.4) is 0 Å². The van der Waals surface area contributed by atoms with Crippen molar-refractivity contribution in [3.8, 4) is 0 Å². The lowest BCUT2D eigenvalue weighted by molar-refractivity contribution is 0.102. The summed E-state index contributed by atoms with van der Waals surface area (Å²) in [5, 5.41) is 3.04. The van der Waals surface area contributed by atoms with Crippen LogP contribution in [0.1, 0.15) is 34.3 Å². The maximum absolute atomic E-state index is 12.7. The summed E-state index contributed by atoms with van der Waals surface area (Å²) < 4.78 is 5.68. The highest BCUT2D eigenvalue weighted by Crippen LogP contribution is 2.27. The van der Waals surface area contributed by atoms with Gasteiger partial charge in [-0.2, -0.15) is 0 Å². The summed E-state index contributed by atoms with van der Waals surface area (Å²) in [4.78, 5) is 13.7. The molecule has 1 aliphatic rings. The quantitative estimate of drug-likeness (QED) is 0.792. The third-order valence-corrected chi connectivity index (χ3v) is 5.42. The first-order chi connectivity index (χ1) is 11.6. The molecule has 1 aliphatic heterocycles. The van der Waals surface area contributed by atoms with Gasteiger partial charge in [0.15, 0.2) is 0 Å². The number of benzene rings is 2. The van der Waals surface area contributed by atoms with Crippen LogP contribution in [0.5, 0.6) is 0 Å². The Bertz CT molecular complexity index is 723. The van der Waals surface area contributed by atoms with E-state index in [0.717, 1.165) is 46.9 Å². The van der Waals surface area contributed by atoms with Gasteiger partial charge in [-0.1, -0.05) is 29.8 Å². The van der Waals surface area contributed by atoms with Gasteiger partial charge in [0.25, 0.3) is 5.91 Å². The Morgan fingerprint density at radius 2 is 2.08 bits per heavy atom. The second kappa shape index (κ2) is 7.86. The normalized spacial score (nSPS) is 17.0. The fraction of sp³-hybridized carbons (Fsp3) is 0.350. The molecule has 126 valence electrons. The SMILES string of the molecule is Cc1ccc(NC(=O)c2ccccc2SC[C@H]2CCCO2)c(C)c1. The molecule has 1 N–H and O–H groups in total. The molecule has 4 heteroatoms. The molecule has 0 aromatic heterocycles. The number of carbonyl (C=O) groups is 1. The maximum atomic E-state index is 12.7. The van der Waals surface area contributed by atoms with E-state index in [2.05, 4.69) is 18.3 Å². The van der Waals surface area contributed by atoms with Crippen LogP contribution in [0.4, 0.5) is 5.69 Å². The first-order valence-electron chi connectivity index (χ1n) is 8.35. The van der Waals surface area contributed by atoms with Crippen LogP contribution < -0.4 is 5.32 Å². The number of amides is 1. The lowest BCUT2D eigenvalue weighted by atomic mass is 10.1. The Kier molecular flexibility index (Phi) is 5.59. The van der Waals surface area contributed by atoms with Crippen molar-refractivity contribution < 1.29 is 9.53 Å². The van der Waals surface area contributed by atoms with E-state index in [4.69, 9.17) is 4.74 Å². The maximum Gasteiger partial charge on any atom is 0.256 e. The van der Waals surface area contributed by atoms with Gasteiger partial charge in [-0.05, 0) is 50.5 Å². The standard InChI is InChI=1S/C20H23NO2S/c1-14-9-10-18(15(2)12-14)21-20(22)17-7-3-4-8-19(17)24-13-16-6-5-11-23-16/h3-4,7-10,12,16H,5-6,11,13H2,1-2H3,(H,21,22)/t16-/m1/s1. The largest absolute Gasteiger partial charge is 0.377 e. The summed E-state index contributed by atoms with van der Waals surface area (Å²) in [6.45, 7) is 4.93. The van der Waals surface area contributed by atoms with Crippen molar-refractivity contribution in [1.82, 2.24) is 0 Å². The topological polar surface area (TPSA) is 38.3 Å². The highest BCUT2D eigenvalue weighted by atomic mass is 32.2. The molecular formula is C20H23NO2S. The highest BCUT2D eigenvalue weighted by molar-refractivity contribution is 7.99. The molecule has 0 spiro atoms. The lowest BCUT2D eigenvalue weighted by Gasteiger charge is -2.13. The fourth-order valence-corrected chi connectivity index (χ4v) is 4.00. The molecule has 1 atom stereocenters. The molecule has 1 saturated heterocycles. The highest BCUT2D eigenvalue weighted by Gasteiger charge is 2.18. The zero-order valence-corrected chi connectivity index (χ0v) is 15.0. The minimum absolute atomic E-state index is 0.0580. The fourth-order valence-electron chi connectivity index (χ4n) is 2.88. The van der Waals surface area contributed by atoms with Crippen molar-refractivity contribution in [3.05, 3.63) is 59.2 Å². The number of hydrogen-bond acceptors (Lipinski definition) is 3. The van der Waals surface area contributed by atoms with Crippen molar-refractivity contribution in [3.63, 3.8) is 0 Å². The summed E-state index contributed by atoms with van der Waals surface area (Å²) in [5.41, 5.74) is 3.86. The van der Waals surface area contributed by atoms with Gasteiger partial charge in [0.05, 0.1) is 11.7 Å². The molecule has 0 aliphatic carbocycles. The molecule has 1 amide bonds. The Balaban J connectivity index is 1.72. The zero-order valence-electron chi connectivity index (χ0n) is 14.2. The van der Waals surface area contributed by atoms with Crippen molar-refractivity contribution in [1.29, 1.82) is 0 Å². The number of carbonyl (C=O) groups excluding carboxylic acids is 1. The molecule has 0 unspecified atom stereocenters. The molecule has 0 bridgehead atoms. The zero-order chi connectivity index (χ0) is 16.9. The van der Waals surface area contributed by atoms with E-state index < -0.39 is 0 Å². The summed E-state index contributed by atoms with van der Waals surface area (Å²) in [5.74, 6) is 0.839. The van der Waals surface area contributed by atoms with Crippen LogP contribution in [-0.2, 0) is 4.74 Å². The molecule has 3 rings (SSSR count). The smallest absolute Gasteiger partial charge is 0.256 e. The molecule has 0 saturated carbocycles. The summed E-state index contributed by atoms with van der Waals surface area (Å²) in [7, 11) is 0. The van der Waals surface area contributed by atoms with Gasteiger partial charge in [-0.3, -0.25) is 4.79 Å². The van der Waals surface area contributed by atoms with Crippen LogP contribution in [0.2, 0.25) is 0 Å². The molecule has 3 nitrogen and oxygen atoms in total. The average Bonchev–Trinajstić information content (AvgIpc) is 3.09. The molecule has 2 aromatic rings. The monoisotopic (exact) mass is 341 g/mol. The number of thioether (sulfide) groups is 1. The molecule has 1 heterocycles. The van der Waals surface area contributed by atoms with E-state index in [-0.39, 0.29) is 5.91 Å². The predicted octanol–water partition coefficient (Wildman–Crippen LogP) is 4.83. The van der Waals surface area contributed by atoms with Crippen molar-refractivity contribution >= 4 is 23.4 Å². The van der Waals surface area contributed by atoms with Gasteiger partial charge in [0, 0.05) is 22.9 Å². The Morgan fingerprint density at radius 1 is 1.25 bits per heavy atom. The third-order valence-electron chi connectivity index (χ3n) is 4.21. The van der Waals surface area contributed by atoms with Crippen LogP contribution >= 0.6 is 11.8 Å². The number of hydrogen-bond donors (Lipinski definition) is 1. The number of rotatable bonds is 5. The average molecular weight is 341 g/mol. The van der Waals surface area contributed by atoms with Crippen LogP contribution in [0.25, 0.3) is 0 Å². The van der Waals surface area contributed by atoms with Crippen molar-refractivity contribution in [2.45, 2.75) is 37.7 Å². The Hall–Kier alpha value is -1.78. The van der Waals surface area contributed by atoms with Gasteiger partial charge in [0.2, 0.25) is 0 Å². The Morgan fingerprint density at radius 3 is 2.83 bits per heavy atom. The minimum Gasteiger partial charge on any atom is -0.377 e. The van der Waals surface area contributed by atoms with E-state index in [0.29, 0.717) is 6.10 Å². The molecule has 0 radical (unpaired) electrons. The minimum atomic E-state index is -0.0580. The molecule has 1 fully saturated rings. The van der Waals surface area contributed by atoms with Crippen LogP contribution in [0.15, 0.2) is 47.4 Å². The second-order valence-electron chi connectivity index (χ2n) is 6.21. The number of nitrogens with one attached hydrogen (secondary N) is 1. The van der Waals surface area contributed by atoms with Gasteiger partial charge in [-0.15, -0.1) is 11.8 Å². The van der Waals surface area contributed by atoms with E-state index >= 15 is 0 Å². The predicted molar refractivity (Wildman–Crippen MR) is 100 cm³/mol. The van der Waals surface area contributed by atoms with E-state index in [1.54, 1.807) is 11.8 Å². The summed E-state index contributed by atoms with van der Waals surface area (Å²) in [6, 6.07) is 13.8. The van der Waals surface area contributed by atoms with E-state index in [1.165, 1.54) is 5.56 Å². The molecule has 24 heavy (non-hydrogen) atoms. The number of anilines is 1. The number of aryl methyl sites for hydroxylation is 2. The first-order valence-corrected chi connectivity index (χ1v) is 9.34. The first kappa shape index (κ1) is 17.1. The van der Waals surface area contributed by atoms with Crippen molar-refractivity contribution in [2.24, 2.45) is 0 Å². The van der Waals surface area contributed by atoms with Gasteiger partial charge in [0.1, 0.15) is 0 Å². The van der Waals surface area contributed by atoms with Gasteiger partial charge < -0.3 is 10.1 Å². The van der Waals surface area contributed by atoms with Crippen LogP contribution in [-0.4, -0.2) is 24.4 Å². The van der Waals surface area contributed by atoms with Gasteiger partial charge >= 0.3 is 0 Å². The third kappa shape index (κ3) is 4.19. The van der Waals surface area contributed by atoms with Crippen LogP contribution in [0, 0.1) is 13.8 Å². The van der Waals surface area contributed by atoms with E-state index in [9.17, 15) is 4.79 Å². The van der Waals surface area contributed by atoms with Crippen molar-refractivity contribution in [2.75, 3.05) is 17.7 Å².